The van der Waals surface area contributed by atoms with Gasteiger partial charge in [0.05, 0.1) is 30.2 Å². The number of terminal acetylenes is 1. The molecule has 2 aromatic heterocycles. The summed E-state index contributed by atoms with van der Waals surface area (Å²) in [6.45, 7) is 40.5. The van der Waals surface area contributed by atoms with Crippen LogP contribution in [0.5, 0.6) is 0 Å². The highest BCUT2D eigenvalue weighted by molar-refractivity contribution is 9.10. The van der Waals surface area contributed by atoms with Crippen LogP contribution in [0.1, 0.15) is 99.8 Å². The number of rotatable bonds is 5. The minimum atomic E-state index is -1.49. The molecule has 2 heterocycles. The standard InChI is InChI=1S/C11H14N2O2Si.C9H8N2O2.C9H10N2.C7H6BrNO2.C7H7NO2.C6H4FNO2.C5H10Si.6C2H6/c1-16(2,3)7-6-9-8-10(13(14)15)4-5-11(9)12;1-10-5-4-7-6-8(11(12)13)2-3-9(7)10;1-11-5-4-7-6-8(10)2-3-9(7)11;1-5-2-3-6(9(10)11)4-7(5)8;1-6-2-4-7(5-3-6)8(9)10;7-5-1-3-6(4-2-5)8(9)10;1-5-6(2,3)4;6*1-2/h4-5,8H,12H2,1-3H3;2-6H,1H3;2-6H,10H2,1H3;2-4H,1H3;2-5H,1H3;1-4H;1H,2-4H3;6*1-2H3. The van der Waals surface area contributed by atoms with E-state index >= 15 is 0 Å². The van der Waals surface area contributed by atoms with E-state index in [0.717, 1.165) is 56.5 Å². The Morgan fingerprint density at radius 3 is 1.19 bits per heavy atom. The number of hydrogen-bond donors (Lipinski definition) is 2. The first-order valence-corrected chi connectivity index (χ1v) is 36.7. The molecule has 0 aliphatic carbocycles. The molecule has 0 bridgehead atoms. The molecule has 0 amide bonds. The van der Waals surface area contributed by atoms with Gasteiger partial charge in [-0.2, -0.15) is 0 Å². The average Bonchev–Trinajstić information content (AvgIpc) is 4.24. The zero-order chi connectivity index (χ0) is 70.4. The molecule has 486 valence electrons. The lowest BCUT2D eigenvalue weighted by atomic mass is 10.2. The number of anilines is 2. The van der Waals surface area contributed by atoms with E-state index in [1.807, 2.05) is 152 Å². The number of nitro benzene ring substituents is 5. The maximum atomic E-state index is 12.1. The molecule has 0 aliphatic heterocycles. The predicted octanol–water partition coefficient (Wildman–Crippen LogP) is 20.2. The summed E-state index contributed by atoms with van der Waals surface area (Å²) in [6, 6.07) is 34.5. The maximum absolute atomic E-state index is 12.1. The third-order valence-corrected chi connectivity index (χ3v) is 12.5. The highest BCUT2D eigenvalue weighted by atomic mass is 79.9. The summed E-state index contributed by atoms with van der Waals surface area (Å²) in [6.07, 6.45) is 9.03. The largest absolute Gasteiger partial charge is 0.399 e. The second kappa shape index (κ2) is 49.0. The number of nitro groups is 5. The Bertz CT molecular complexity index is 3400. The molecular weight excluding hydrogens is 1230 g/mol. The lowest BCUT2D eigenvalue weighted by Gasteiger charge is -2.04. The number of non-ortho nitro benzene ring substituents is 5. The predicted molar refractivity (Wildman–Crippen MR) is 381 cm³/mol. The molecular formula is C66H95BrFN9O10Si2. The van der Waals surface area contributed by atoms with Crippen molar-refractivity contribution in [2.24, 2.45) is 14.1 Å². The topological polar surface area (TPSA) is 278 Å². The lowest BCUT2D eigenvalue weighted by Crippen LogP contribution is -2.16. The van der Waals surface area contributed by atoms with Crippen LogP contribution < -0.4 is 11.5 Å². The third-order valence-electron chi connectivity index (χ3n) is 9.89. The number of nitrogens with two attached hydrogens (primary N) is 2. The minimum Gasteiger partial charge on any atom is -0.399 e. The van der Waals surface area contributed by atoms with E-state index in [0.29, 0.717) is 11.3 Å². The third kappa shape index (κ3) is 38.7. The van der Waals surface area contributed by atoms with Gasteiger partial charge in [0.25, 0.3) is 28.4 Å². The normalized spacial score (nSPS) is 9.11. The number of benzene rings is 6. The Morgan fingerprint density at radius 1 is 0.472 bits per heavy atom. The quantitative estimate of drug-likeness (QED) is 0.0535. The molecule has 19 nitrogen and oxygen atoms in total. The second-order valence-electron chi connectivity index (χ2n) is 18.6. The zero-order valence-corrected chi connectivity index (χ0v) is 59.6. The molecule has 8 aromatic rings. The number of aryl methyl sites for hydroxylation is 4. The molecule has 4 N–H and O–H groups in total. The lowest BCUT2D eigenvalue weighted by molar-refractivity contribution is -0.385. The Kier molecular flexibility index (Phi) is 48.9. The first-order valence-electron chi connectivity index (χ1n) is 28.9. The van der Waals surface area contributed by atoms with E-state index in [4.69, 9.17) is 17.9 Å². The van der Waals surface area contributed by atoms with Crippen molar-refractivity contribution in [2.75, 3.05) is 11.5 Å². The van der Waals surface area contributed by atoms with Gasteiger partial charge in [0.15, 0.2) is 0 Å². The number of halogens is 2. The maximum Gasteiger partial charge on any atom is 0.270 e. The van der Waals surface area contributed by atoms with Gasteiger partial charge in [-0.1, -0.05) is 168 Å². The molecule has 0 aliphatic rings. The van der Waals surface area contributed by atoms with Gasteiger partial charge in [-0.3, -0.25) is 50.6 Å². The van der Waals surface area contributed by atoms with Crippen molar-refractivity contribution in [3.8, 4) is 23.4 Å². The summed E-state index contributed by atoms with van der Waals surface area (Å²) < 4.78 is 16.9. The molecule has 0 atom stereocenters. The number of fused-ring (bicyclic) bond motifs is 2. The van der Waals surface area contributed by atoms with Crippen molar-refractivity contribution in [3.05, 3.63) is 223 Å². The van der Waals surface area contributed by atoms with E-state index in [9.17, 15) is 55.0 Å². The highest BCUT2D eigenvalue weighted by Gasteiger charge is 2.12. The monoisotopic (exact) mass is 1330 g/mol. The Balaban J connectivity index is -0.000000303. The Morgan fingerprint density at radius 2 is 0.809 bits per heavy atom. The van der Waals surface area contributed by atoms with Crippen LogP contribution in [0.15, 0.2) is 150 Å². The van der Waals surface area contributed by atoms with Crippen LogP contribution in [0.4, 0.5) is 44.2 Å². The van der Waals surface area contributed by atoms with Gasteiger partial charge < -0.3 is 20.6 Å². The van der Waals surface area contributed by atoms with E-state index in [1.165, 1.54) is 59.4 Å². The average molecular weight is 1330 g/mol. The van der Waals surface area contributed by atoms with Crippen molar-refractivity contribution in [1.29, 1.82) is 0 Å². The Labute approximate surface area is 537 Å². The number of nitrogen functional groups attached to an aromatic ring is 2. The van der Waals surface area contributed by atoms with Crippen LogP contribution in [-0.2, 0) is 14.1 Å². The number of hydrogen-bond acceptors (Lipinski definition) is 12. The van der Waals surface area contributed by atoms with Crippen molar-refractivity contribution >= 4 is 93.7 Å². The van der Waals surface area contributed by atoms with Crippen molar-refractivity contribution in [2.45, 2.75) is 136 Å². The summed E-state index contributed by atoms with van der Waals surface area (Å²) in [5.74, 6) is 2.46. The molecule has 0 saturated carbocycles. The zero-order valence-electron chi connectivity index (χ0n) is 56.1. The van der Waals surface area contributed by atoms with Gasteiger partial charge in [-0.15, -0.1) is 17.5 Å². The second-order valence-corrected chi connectivity index (χ2v) is 29.0. The van der Waals surface area contributed by atoms with Gasteiger partial charge in [0.2, 0.25) is 0 Å². The van der Waals surface area contributed by atoms with Gasteiger partial charge in [0, 0.05) is 125 Å². The number of nitrogens with zero attached hydrogens (tertiary/aromatic N) is 7. The van der Waals surface area contributed by atoms with Crippen LogP contribution in [0.2, 0.25) is 39.3 Å². The molecule has 0 radical (unpaired) electrons. The Hall–Kier alpha value is -9.04. The molecule has 0 spiro atoms. The van der Waals surface area contributed by atoms with Crippen molar-refractivity contribution < 1.29 is 29.0 Å². The fraction of sp³-hybridized carbons (Fsp3) is 0.333. The van der Waals surface area contributed by atoms with Crippen LogP contribution in [0.25, 0.3) is 21.8 Å². The SMILES string of the molecule is C#C[Si](C)(C)C.CC.CC.CC.CC.CC.CC.C[Si](C)(C)C#Cc1cc([N+](=O)[O-])ccc1N.Cc1ccc([N+](=O)[O-])cc1.Cc1ccc([N+](=O)[O-])cc1Br.Cn1ccc2cc(N)ccc21.Cn1ccc2cc([N+](=O)[O-])ccc21.O=[N+]([O-])c1ccc(F)cc1. The van der Waals surface area contributed by atoms with Crippen LogP contribution in [0, 0.1) is 93.7 Å². The molecule has 0 unspecified atom stereocenters. The summed E-state index contributed by atoms with van der Waals surface area (Å²) in [5.41, 5.74) is 23.6. The fourth-order valence-corrected chi connectivity index (χ4v) is 6.50. The molecule has 6 aromatic carbocycles. The first-order chi connectivity index (χ1) is 41.8. The fourth-order valence-electron chi connectivity index (χ4n) is 5.63. The van der Waals surface area contributed by atoms with Crippen molar-refractivity contribution in [3.63, 3.8) is 0 Å². The van der Waals surface area contributed by atoms with Crippen LogP contribution >= 0.6 is 15.9 Å². The van der Waals surface area contributed by atoms with E-state index in [-0.39, 0.29) is 33.4 Å². The van der Waals surface area contributed by atoms with Gasteiger partial charge in [-0.25, -0.2) is 4.39 Å². The summed E-state index contributed by atoms with van der Waals surface area (Å²) in [7, 11) is 1.34. The van der Waals surface area contributed by atoms with Gasteiger partial charge >= 0.3 is 0 Å². The minimum absolute atomic E-state index is 0.0223. The summed E-state index contributed by atoms with van der Waals surface area (Å²) in [4.78, 5) is 49.2. The van der Waals surface area contributed by atoms with Crippen molar-refractivity contribution in [1.82, 2.24) is 9.13 Å². The van der Waals surface area contributed by atoms with Gasteiger partial charge in [0.1, 0.15) is 22.0 Å². The smallest absolute Gasteiger partial charge is 0.270 e. The molecule has 23 heteroatoms. The van der Waals surface area contributed by atoms with E-state index in [2.05, 4.69) is 82.9 Å². The first kappa shape index (κ1) is 88.7. The van der Waals surface area contributed by atoms with Gasteiger partial charge in [-0.05, 0) is 74.0 Å². The number of aromatic nitrogens is 2. The van der Waals surface area contributed by atoms with Crippen LogP contribution in [0.3, 0.4) is 0 Å². The highest BCUT2D eigenvalue weighted by Crippen LogP contribution is 2.23. The molecule has 8 rings (SSSR count). The molecule has 89 heavy (non-hydrogen) atoms. The molecule has 0 saturated heterocycles. The van der Waals surface area contributed by atoms with E-state index in [1.54, 1.807) is 30.3 Å². The molecule has 0 fully saturated rings. The van der Waals surface area contributed by atoms with Crippen LogP contribution in [-0.4, -0.2) is 49.9 Å². The van der Waals surface area contributed by atoms with E-state index < -0.39 is 41.7 Å². The summed E-state index contributed by atoms with van der Waals surface area (Å²) in [5, 5.41) is 53.5. The summed E-state index contributed by atoms with van der Waals surface area (Å²) >= 11 is 3.21.